The zero-order chi connectivity index (χ0) is 12.8. The van der Waals surface area contributed by atoms with Crippen LogP contribution in [-0.4, -0.2) is 38.2 Å². The number of nitrogens with zero attached hydrogens (tertiary/aromatic N) is 1. The largest absolute Gasteiger partial charge is 0.497 e. The second kappa shape index (κ2) is 6.25. The van der Waals surface area contributed by atoms with E-state index in [9.17, 15) is 4.79 Å². The Morgan fingerprint density at radius 3 is 2.35 bits per heavy atom. The van der Waals surface area contributed by atoms with E-state index in [1.807, 2.05) is 24.3 Å². The predicted molar refractivity (Wildman–Crippen MR) is 65.9 cm³/mol. The Morgan fingerprint density at radius 2 is 1.88 bits per heavy atom. The van der Waals surface area contributed by atoms with Gasteiger partial charge in [-0.05, 0) is 24.6 Å². The number of amides is 1. The summed E-state index contributed by atoms with van der Waals surface area (Å²) in [4.78, 5) is 13.4. The molecule has 0 aromatic heterocycles. The van der Waals surface area contributed by atoms with Gasteiger partial charge in [0.15, 0.2) is 0 Å². The quantitative estimate of drug-likeness (QED) is 0.782. The van der Waals surface area contributed by atoms with E-state index in [-0.39, 0.29) is 5.91 Å². The summed E-state index contributed by atoms with van der Waals surface area (Å²) in [7, 11) is 4.93. The van der Waals surface area contributed by atoms with E-state index in [0.29, 0.717) is 6.54 Å². The van der Waals surface area contributed by atoms with Crippen molar-refractivity contribution in [2.75, 3.05) is 21.3 Å². The molecule has 1 rings (SSSR count). The molecule has 0 aliphatic carbocycles. The highest BCUT2D eigenvalue weighted by Gasteiger charge is 2.16. The van der Waals surface area contributed by atoms with E-state index in [0.717, 1.165) is 11.3 Å². The van der Waals surface area contributed by atoms with Gasteiger partial charge in [0, 0.05) is 20.7 Å². The van der Waals surface area contributed by atoms with Gasteiger partial charge in [0.05, 0.1) is 7.11 Å². The van der Waals surface area contributed by atoms with Crippen LogP contribution in [0.4, 0.5) is 0 Å². The summed E-state index contributed by atoms with van der Waals surface area (Å²) in [6.07, 6.45) is -0.404. The van der Waals surface area contributed by atoms with Gasteiger partial charge in [-0.15, -0.1) is 0 Å². The van der Waals surface area contributed by atoms with Crippen LogP contribution in [-0.2, 0) is 16.1 Å². The van der Waals surface area contributed by atoms with Crippen LogP contribution < -0.4 is 4.74 Å². The summed E-state index contributed by atoms with van der Waals surface area (Å²) in [5.41, 5.74) is 1.06. The molecule has 0 radical (unpaired) electrons. The number of carbonyl (C=O) groups excluding carboxylic acids is 1. The normalized spacial score (nSPS) is 12.0. The molecule has 0 saturated carbocycles. The zero-order valence-corrected chi connectivity index (χ0v) is 10.8. The second-order valence-electron chi connectivity index (χ2n) is 3.92. The van der Waals surface area contributed by atoms with Crippen molar-refractivity contribution in [3.05, 3.63) is 29.8 Å². The minimum atomic E-state index is -0.404. The van der Waals surface area contributed by atoms with E-state index in [1.54, 1.807) is 26.0 Å². The fourth-order valence-electron chi connectivity index (χ4n) is 1.49. The summed E-state index contributed by atoms with van der Waals surface area (Å²) in [5.74, 6) is 0.788. The van der Waals surface area contributed by atoms with Crippen molar-refractivity contribution in [2.45, 2.75) is 19.6 Å². The molecule has 0 N–H and O–H groups in total. The number of likely N-dealkylation sites (N-methyl/N-ethyl adjacent to an activating group) is 1. The third kappa shape index (κ3) is 3.75. The third-order valence-corrected chi connectivity index (χ3v) is 2.66. The smallest absolute Gasteiger partial charge is 0.251 e. The van der Waals surface area contributed by atoms with Gasteiger partial charge in [-0.3, -0.25) is 4.79 Å². The van der Waals surface area contributed by atoms with Crippen LogP contribution in [0.5, 0.6) is 5.75 Å². The van der Waals surface area contributed by atoms with Crippen molar-refractivity contribution in [3.8, 4) is 5.75 Å². The number of ether oxygens (including phenoxy) is 2. The third-order valence-electron chi connectivity index (χ3n) is 2.66. The lowest BCUT2D eigenvalue weighted by molar-refractivity contribution is -0.140. The Morgan fingerprint density at radius 1 is 1.29 bits per heavy atom. The van der Waals surface area contributed by atoms with Gasteiger partial charge < -0.3 is 14.4 Å². The average molecular weight is 237 g/mol. The molecule has 1 unspecified atom stereocenters. The molecule has 17 heavy (non-hydrogen) atoms. The van der Waals surface area contributed by atoms with E-state index in [4.69, 9.17) is 9.47 Å². The van der Waals surface area contributed by atoms with E-state index >= 15 is 0 Å². The van der Waals surface area contributed by atoms with Crippen molar-refractivity contribution in [1.82, 2.24) is 4.90 Å². The maximum absolute atomic E-state index is 11.8. The number of methoxy groups -OCH3 is 2. The fraction of sp³-hybridized carbons (Fsp3) is 0.462. The molecule has 1 amide bonds. The van der Waals surface area contributed by atoms with Crippen LogP contribution in [0.2, 0.25) is 0 Å². The zero-order valence-electron chi connectivity index (χ0n) is 10.8. The molecule has 0 aliphatic rings. The molecule has 1 atom stereocenters. The first-order valence-electron chi connectivity index (χ1n) is 5.49. The van der Waals surface area contributed by atoms with Crippen molar-refractivity contribution in [2.24, 2.45) is 0 Å². The van der Waals surface area contributed by atoms with E-state index < -0.39 is 6.10 Å². The highest BCUT2D eigenvalue weighted by atomic mass is 16.5. The SMILES string of the molecule is COc1ccc(CN(C)C(=O)C(C)OC)cc1. The summed E-state index contributed by atoms with van der Waals surface area (Å²) < 4.78 is 10.1. The van der Waals surface area contributed by atoms with Crippen LogP contribution in [0.25, 0.3) is 0 Å². The number of hydrogen-bond donors (Lipinski definition) is 0. The molecule has 0 heterocycles. The summed E-state index contributed by atoms with van der Waals surface area (Å²) in [6.45, 7) is 2.31. The van der Waals surface area contributed by atoms with Crippen molar-refractivity contribution in [1.29, 1.82) is 0 Å². The minimum absolute atomic E-state index is 0.0247. The Hall–Kier alpha value is -1.55. The highest BCUT2D eigenvalue weighted by molar-refractivity contribution is 5.80. The van der Waals surface area contributed by atoms with Gasteiger partial charge in [0.1, 0.15) is 11.9 Å². The molecular weight excluding hydrogens is 218 g/mol. The van der Waals surface area contributed by atoms with E-state index in [2.05, 4.69) is 0 Å². The van der Waals surface area contributed by atoms with Gasteiger partial charge in [-0.1, -0.05) is 12.1 Å². The fourth-order valence-corrected chi connectivity index (χ4v) is 1.49. The molecule has 0 bridgehead atoms. The highest BCUT2D eigenvalue weighted by Crippen LogP contribution is 2.13. The molecule has 1 aromatic rings. The number of carbonyl (C=O) groups is 1. The van der Waals surface area contributed by atoms with Crippen LogP contribution in [0.15, 0.2) is 24.3 Å². The van der Waals surface area contributed by atoms with Gasteiger partial charge >= 0.3 is 0 Å². The van der Waals surface area contributed by atoms with Crippen LogP contribution in [0.1, 0.15) is 12.5 Å². The molecule has 4 heteroatoms. The Balaban J connectivity index is 2.61. The van der Waals surface area contributed by atoms with Gasteiger partial charge in [-0.2, -0.15) is 0 Å². The Bertz CT molecular complexity index is 361. The van der Waals surface area contributed by atoms with Crippen LogP contribution >= 0.6 is 0 Å². The molecule has 0 saturated heterocycles. The Labute approximate surface area is 102 Å². The van der Waals surface area contributed by atoms with E-state index in [1.165, 1.54) is 7.11 Å². The van der Waals surface area contributed by atoms with Crippen molar-refractivity contribution in [3.63, 3.8) is 0 Å². The minimum Gasteiger partial charge on any atom is -0.497 e. The average Bonchev–Trinajstić information content (AvgIpc) is 2.37. The molecular formula is C13H19NO3. The van der Waals surface area contributed by atoms with Crippen molar-refractivity contribution >= 4 is 5.91 Å². The lowest BCUT2D eigenvalue weighted by Crippen LogP contribution is -2.35. The molecule has 94 valence electrons. The Kier molecular flexibility index (Phi) is 4.97. The summed E-state index contributed by atoms with van der Waals surface area (Å²) in [5, 5.41) is 0. The predicted octanol–water partition coefficient (Wildman–Crippen LogP) is 1.69. The lowest BCUT2D eigenvalue weighted by Gasteiger charge is -2.20. The molecule has 4 nitrogen and oxygen atoms in total. The molecule has 0 aliphatic heterocycles. The number of hydrogen-bond acceptors (Lipinski definition) is 3. The second-order valence-corrected chi connectivity index (χ2v) is 3.92. The molecule has 1 aromatic carbocycles. The van der Waals surface area contributed by atoms with Gasteiger partial charge in [-0.25, -0.2) is 0 Å². The maximum Gasteiger partial charge on any atom is 0.251 e. The van der Waals surface area contributed by atoms with Crippen LogP contribution in [0, 0.1) is 0 Å². The standard InChI is InChI=1S/C13H19NO3/c1-10(16-3)13(15)14(2)9-11-5-7-12(17-4)8-6-11/h5-8,10H,9H2,1-4H3. The maximum atomic E-state index is 11.8. The summed E-state index contributed by atoms with van der Waals surface area (Å²) in [6, 6.07) is 7.65. The first-order chi connectivity index (χ1) is 8.08. The molecule has 0 spiro atoms. The number of benzene rings is 1. The topological polar surface area (TPSA) is 38.8 Å². The number of rotatable bonds is 5. The lowest BCUT2D eigenvalue weighted by atomic mass is 10.2. The monoisotopic (exact) mass is 237 g/mol. The first kappa shape index (κ1) is 13.5. The first-order valence-corrected chi connectivity index (χ1v) is 5.49. The van der Waals surface area contributed by atoms with Crippen molar-refractivity contribution < 1.29 is 14.3 Å². The summed E-state index contributed by atoms with van der Waals surface area (Å²) >= 11 is 0. The van der Waals surface area contributed by atoms with Crippen LogP contribution in [0.3, 0.4) is 0 Å². The molecule has 0 fully saturated rings. The van der Waals surface area contributed by atoms with Gasteiger partial charge in [0.25, 0.3) is 5.91 Å². The van der Waals surface area contributed by atoms with Gasteiger partial charge in [0.2, 0.25) is 0 Å².